The molecule has 2 rings (SSSR count). The summed E-state index contributed by atoms with van der Waals surface area (Å²) < 4.78 is 23.4. The van der Waals surface area contributed by atoms with E-state index in [4.69, 9.17) is 5.73 Å². The van der Waals surface area contributed by atoms with Gasteiger partial charge in [-0.15, -0.1) is 0 Å². The Morgan fingerprint density at radius 3 is 2.78 bits per heavy atom. The predicted octanol–water partition coefficient (Wildman–Crippen LogP) is 0.0233. The molecule has 1 heterocycles. The molecule has 0 saturated carbocycles. The van der Waals surface area contributed by atoms with E-state index in [1.165, 1.54) is 10.9 Å². The first-order valence-electron chi connectivity index (χ1n) is 5.29. The van der Waals surface area contributed by atoms with Crippen molar-refractivity contribution in [3.63, 3.8) is 0 Å². The quantitative estimate of drug-likeness (QED) is 0.791. The molecular weight excluding hydrogens is 254 g/mol. The van der Waals surface area contributed by atoms with E-state index in [-0.39, 0.29) is 17.9 Å². The minimum absolute atomic E-state index is 0.0927. The van der Waals surface area contributed by atoms with Crippen molar-refractivity contribution in [2.24, 2.45) is 0 Å². The van der Waals surface area contributed by atoms with Gasteiger partial charge in [-0.3, -0.25) is 9.36 Å². The summed E-state index contributed by atoms with van der Waals surface area (Å²) in [6, 6.07) is 4.87. The van der Waals surface area contributed by atoms with Gasteiger partial charge in [0.2, 0.25) is 0 Å². The number of sulfone groups is 1. The molecule has 6 nitrogen and oxygen atoms in total. The van der Waals surface area contributed by atoms with Gasteiger partial charge in [0.15, 0.2) is 0 Å². The molecule has 0 unspecified atom stereocenters. The number of fused-ring (bicyclic) bond motifs is 1. The summed E-state index contributed by atoms with van der Waals surface area (Å²) in [5.74, 6) is -0.0948. The van der Waals surface area contributed by atoms with Gasteiger partial charge >= 0.3 is 0 Å². The van der Waals surface area contributed by atoms with Crippen molar-refractivity contribution in [2.75, 3.05) is 17.7 Å². The Kier molecular flexibility index (Phi) is 3.08. The molecule has 18 heavy (non-hydrogen) atoms. The van der Waals surface area contributed by atoms with Gasteiger partial charge in [-0.25, -0.2) is 13.4 Å². The van der Waals surface area contributed by atoms with Crippen molar-refractivity contribution in [2.45, 2.75) is 6.54 Å². The molecule has 1 aromatic carbocycles. The first-order chi connectivity index (χ1) is 8.37. The van der Waals surface area contributed by atoms with E-state index in [2.05, 4.69) is 4.98 Å². The van der Waals surface area contributed by atoms with Gasteiger partial charge in [0.05, 0.1) is 23.0 Å². The molecule has 0 saturated heterocycles. The average Bonchev–Trinajstić information content (AvgIpc) is 2.28. The lowest BCUT2D eigenvalue weighted by atomic mass is 10.2. The summed E-state index contributed by atoms with van der Waals surface area (Å²) in [4.78, 5) is 16.2. The summed E-state index contributed by atoms with van der Waals surface area (Å²) in [5, 5.41) is 0.394. The second-order valence-corrected chi connectivity index (χ2v) is 6.41. The molecule has 1 aromatic heterocycles. The highest BCUT2D eigenvalue weighted by Gasteiger charge is 2.07. The van der Waals surface area contributed by atoms with Gasteiger partial charge in [-0.2, -0.15) is 0 Å². The summed E-state index contributed by atoms with van der Waals surface area (Å²) >= 11 is 0. The molecule has 0 atom stereocenters. The Morgan fingerprint density at radius 2 is 2.11 bits per heavy atom. The van der Waals surface area contributed by atoms with E-state index in [9.17, 15) is 13.2 Å². The molecule has 0 bridgehead atoms. The first kappa shape index (κ1) is 12.6. The second-order valence-electron chi connectivity index (χ2n) is 4.15. The highest BCUT2D eigenvalue weighted by atomic mass is 32.2. The van der Waals surface area contributed by atoms with E-state index >= 15 is 0 Å². The smallest absolute Gasteiger partial charge is 0.261 e. The predicted molar refractivity (Wildman–Crippen MR) is 70.1 cm³/mol. The SMILES string of the molecule is CS(=O)(=O)CCn1cnc2ccc(N)cc2c1=O. The van der Waals surface area contributed by atoms with Gasteiger partial charge in [-0.1, -0.05) is 0 Å². The number of aromatic nitrogens is 2. The summed E-state index contributed by atoms with van der Waals surface area (Å²) in [6.45, 7) is 0.0927. The molecular formula is C11H13N3O3S. The number of aryl methyl sites for hydroxylation is 1. The van der Waals surface area contributed by atoms with Crippen molar-refractivity contribution in [1.29, 1.82) is 0 Å². The van der Waals surface area contributed by atoms with E-state index < -0.39 is 9.84 Å². The zero-order valence-corrected chi connectivity index (χ0v) is 10.6. The van der Waals surface area contributed by atoms with Crippen LogP contribution in [0.2, 0.25) is 0 Å². The van der Waals surface area contributed by atoms with Crippen LogP contribution >= 0.6 is 0 Å². The second kappa shape index (κ2) is 4.41. The van der Waals surface area contributed by atoms with Gasteiger partial charge in [0.1, 0.15) is 9.84 Å². The van der Waals surface area contributed by atoms with E-state index in [1.54, 1.807) is 18.2 Å². The zero-order chi connectivity index (χ0) is 13.3. The lowest BCUT2D eigenvalue weighted by Crippen LogP contribution is -2.24. The van der Waals surface area contributed by atoms with E-state index in [1.807, 2.05) is 0 Å². The number of anilines is 1. The zero-order valence-electron chi connectivity index (χ0n) is 9.83. The number of hydrogen-bond donors (Lipinski definition) is 1. The monoisotopic (exact) mass is 267 g/mol. The van der Waals surface area contributed by atoms with Gasteiger partial charge in [0, 0.05) is 18.5 Å². The van der Waals surface area contributed by atoms with Crippen LogP contribution in [0.5, 0.6) is 0 Å². The van der Waals surface area contributed by atoms with Crippen LogP contribution in [0.1, 0.15) is 0 Å². The normalized spacial score (nSPS) is 11.8. The lowest BCUT2D eigenvalue weighted by molar-refractivity contribution is 0.592. The van der Waals surface area contributed by atoms with Gasteiger partial charge < -0.3 is 5.73 Å². The lowest BCUT2D eigenvalue weighted by Gasteiger charge is -2.06. The van der Waals surface area contributed by atoms with Crippen LogP contribution in [0.15, 0.2) is 29.3 Å². The standard InChI is InChI=1S/C11H13N3O3S/c1-18(16,17)5-4-14-7-13-10-3-2-8(12)6-9(10)11(14)15/h2-3,6-7H,4-5,12H2,1H3. The van der Waals surface area contributed by atoms with Crippen LogP contribution in [0.4, 0.5) is 5.69 Å². The maximum absolute atomic E-state index is 12.1. The third-order valence-corrected chi connectivity index (χ3v) is 3.48. The molecule has 2 aromatic rings. The van der Waals surface area contributed by atoms with Crippen LogP contribution < -0.4 is 11.3 Å². The van der Waals surface area contributed by atoms with Crippen LogP contribution in [-0.2, 0) is 16.4 Å². The Hall–Kier alpha value is -1.89. The maximum atomic E-state index is 12.1. The molecule has 0 fully saturated rings. The minimum atomic E-state index is -3.11. The van der Waals surface area contributed by atoms with Crippen LogP contribution in [0.25, 0.3) is 10.9 Å². The maximum Gasteiger partial charge on any atom is 0.261 e. The van der Waals surface area contributed by atoms with Crippen molar-refractivity contribution in [3.8, 4) is 0 Å². The number of nitrogens with two attached hydrogens (primary N) is 1. The fourth-order valence-corrected chi connectivity index (χ4v) is 2.13. The van der Waals surface area contributed by atoms with Crippen molar-refractivity contribution < 1.29 is 8.42 Å². The Balaban J connectivity index is 2.48. The minimum Gasteiger partial charge on any atom is -0.399 e. The molecule has 0 amide bonds. The van der Waals surface area contributed by atoms with E-state index in [0.29, 0.717) is 16.6 Å². The van der Waals surface area contributed by atoms with Crippen LogP contribution in [-0.4, -0.2) is 30.0 Å². The highest BCUT2D eigenvalue weighted by Crippen LogP contribution is 2.10. The molecule has 96 valence electrons. The largest absolute Gasteiger partial charge is 0.399 e. The van der Waals surface area contributed by atoms with Crippen molar-refractivity contribution in [1.82, 2.24) is 9.55 Å². The third-order valence-electron chi connectivity index (χ3n) is 2.55. The summed E-state index contributed by atoms with van der Waals surface area (Å²) in [5.41, 5.74) is 6.35. The molecule has 7 heteroatoms. The Morgan fingerprint density at radius 1 is 1.39 bits per heavy atom. The van der Waals surface area contributed by atoms with Gasteiger partial charge in [-0.05, 0) is 18.2 Å². The summed E-state index contributed by atoms with van der Waals surface area (Å²) in [6.07, 6.45) is 2.48. The third kappa shape index (κ3) is 2.67. The molecule has 0 radical (unpaired) electrons. The van der Waals surface area contributed by atoms with Crippen molar-refractivity contribution in [3.05, 3.63) is 34.9 Å². The molecule has 0 aliphatic heterocycles. The highest BCUT2D eigenvalue weighted by molar-refractivity contribution is 7.90. The molecule has 2 N–H and O–H groups in total. The topological polar surface area (TPSA) is 95.1 Å². The number of nitrogen functional groups attached to an aromatic ring is 1. The Bertz CT molecular complexity index is 750. The number of benzene rings is 1. The number of nitrogens with zero attached hydrogens (tertiary/aromatic N) is 2. The number of rotatable bonds is 3. The van der Waals surface area contributed by atoms with Crippen molar-refractivity contribution >= 4 is 26.4 Å². The number of hydrogen-bond acceptors (Lipinski definition) is 5. The fourth-order valence-electron chi connectivity index (χ4n) is 1.60. The first-order valence-corrected chi connectivity index (χ1v) is 7.35. The molecule has 0 aliphatic carbocycles. The molecule has 0 aliphatic rings. The van der Waals surface area contributed by atoms with Crippen LogP contribution in [0.3, 0.4) is 0 Å². The average molecular weight is 267 g/mol. The summed E-state index contributed by atoms with van der Waals surface area (Å²) in [7, 11) is -3.11. The Labute approximate surface area is 104 Å². The van der Waals surface area contributed by atoms with Crippen LogP contribution in [0, 0.1) is 0 Å². The molecule has 0 spiro atoms. The van der Waals surface area contributed by atoms with E-state index in [0.717, 1.165) is 6.26 Å². The van der Waals surface area contributed by atoms with Gasteiger partial charge in [0.25, 0.3) is 5.56 Å². The fraction of sp³-hybridized carbons (Fsp3) is 0.273.